The van der Waals surface area contributed by atoms with Crippen LogP contribution in [0.15, 0.2) is 6.20 Å². The van der Waals surface area contributed by atoms with E-state index < -0.39 is 33.2 Å². The van der Waals surface area contributed by atoms with Gasteiger partial charge >= 0.3 is 12.2 Å². The molecule has 1 aliphatic heterocycles. The van der Waals surface area contributed by atoms with Gasteiger partial charge in [0.05, 0.1) is 17.1 Å². The van der Waals surface area contributed by atoms with Crippen molar-refractivity contribution in [2.45, 2.75) is 38.0 Å². The molecule has 2 heterocycles. The maximum atomic E-state index is 13.5. The van der Waals surface area contributed by atoms with Gasteiger partial charge in [-0.2, -0.15) is 18.2 Å². The van der Waals surface area contributed by atoms with Crippen LogP contribution in [-0.2, 0) is 16.0 Å². The van der Waals surface area contributed by atoms with Crippen molar-refractivity contribution in [2.24, 2.45) is 11.8 Å². The van der Waals surface area contributed by atoms with Gasteiger partial charge in [0.25, 0.3) is 5.91 Å². The molecule has 0 radical (unpaired) electrons. The number of amides is 1. The minimum absolute atomic E-state index is 0.151. The largest absolute Gasteiger partial charge is 0.460 e. The smallest absolute Gasteiger partial charge is 0.434 e. The lowest BCUT2D eigenvalue weighted by Crippen LogP contribution is -2.44. The predicted molar refractivity (Wildman–Crippen MR) is 91.5 cm³/mol. The van der Waals surface area contributed by atoms with E-state index in [4.69, 9.17) is 4.74 Å². The van der Waals surface area contributed by atoms with Gasteiger partial charge in [-0.15, -0.1) is 0 Å². The van der Waals surface area contributed by atoms with Crippen molar-refractivity contribution in [1.82, 2.24) is 14.9 Å². The topological polar surface area (TPSA) is 89.5 Å². The first-order valence-corrected chi connectivity index (χ1v) is 11.0. The number of fused-ring (bicyclic) bond motifs is 2. The molecule has 3 aliphatic rings. The number of sulfone groups is 1. The average Bonchev–Trinajstić information content (AvgIpc) is 3.23. The summed E-state index contributed by atoms with van der Waals surface area (Å²) >= 11 is 0. The number of nitrogens with zero attached hydrogens (tertiary/aromatic N) is 3. The number of ether oxygens (including phenoxy) is 1. The average molecular weight is 419 g/mol. The van der Waals surface area contributed by atoms with Crippen LogP contribution >= 0.6 is 0 Å². The van der Waals surface area contributed by atoms with E-state index in [2.05, 4.69) is 9.97 Å². The molecule has 0 N–H and O–H groups in total. The summed E-state index contributed by atoms with van der Waals surface area (Å²) in [6, 6.07) is -0.373. The molecular formula is C17H20F3N3O4S. The SMILES string of the molecule is O=C(c1cnc(O[C@@H]2C[C@@H]3CC[C@H]2C3)nc1C(F)(F)F)N1CCS(=O)(=O)CC1. The third kappa shape index (κ3) is 3.81. The van der Waals surface area contributed by atoms with E-state index >= 15 is 0 Å². The third-order valence-electron chi connectivity index (χ3n) is 5.83. The predicted octanol–water partition coefficient (Wildman–Crippen LogP) is 1.93. The molecule has 1 aromatic heterocycles. The lowest BCUT2D eigenvalue weighted by Gasteiger charge is -2.27. The van der Waals surface area contributed by atoms with E-state index in [0.29, 0.717) is 11.8 Å². The maximum Gasteiger partial charge on any atom is 0.434 e. The van der Waals surface area contributed by atoms with Crippen molar-refractivity contribution in [3.63, 3.8) is 0 Å². The number of rotatable bonds is 3. The van der Waals surface area contributed by atoms with Crippen molar-refractivity contribution in [2.75, 3.05) is 24.6 Å². The van der Waals surface area contributed by atoms with Gasteiger partial charge in [-0.1, -0.05) is 0 Å². The van der Waals surface area contributed by atoms with Gasteiger partial charge < -0.3 is 9.64 Å². The second-order valence-electron chi connectivity index (χ2n) is 7.69. The van der Waals surface area contributed by atoms with Crippen LogP contribution in [0.4, 0.5) is 13.2 Å². The van der Waals surface area contributed by atoms with Gasteiger partial charge in [0, 0.05) is 19.3 Å². The fourth-order valence-electron chi connectivity index (χ4n) is 4.35. The van der Waals surface area contributed by atoms with Gasteiger partial charge in [-0.05, 0) is 37.5 Å². The van der Waals surface area contributed by atoms with Gasteiger partial charge in [-0.25, -0.2) is 13.4 Å². The zero-order valence-corrected chi connectivity index (χ0v) is 15.8. The standard InChI is InChI=1S/C17H20F3N3O4S/c18-17(19,20)14-12(15(24)23-3-5-28(25,26)6-4-23)9-21-16(22-14)27-13-8-10-1-2-11(13)7-10/h9-11,13H,1-8H2/t10-,11+,13-/m1/s1. The zero-order valence-electron chi connectivity index (χ0n) is 15.0. The van der Waals surface area contributed by atoms with Crippen LogP contribution in [0.1, 0.15) is 41.7 Å². The summed E-state index contributed by atoms with van der Waals surface area (Å²) in [6.07, 6.45) is -0.280. The van der Waals surface area contributed by atoms with E-state index in [1.54, 1.807) is 0 Å². The molecule has 0 aromatic carbocycles. The van der Waals surface area contributed by atoms with Crippen molar-refractivity contribution in [3.8, 4) is 6.01 Å². The fraction of sp³-hybridized carbons (Fsp3) is 0.706. The Morgan fingerprint density at radius 1 is 1.18 bits per heavy atom. The lowest BCUT2D eigenvalue weighted by molar-refractivity contribution is -0.142. The first-order valence-electron chi connectivity index (χ1n) is 9.23. The number of carbonyl (C=O) groups excluding carboxylic acids is 1. The number of aromatic nitrogens is 2. The summed E-state index contributed by atoms with van der Waals surface area (Å²) < 4.78 is 69.2. The molecule has 2 saturated carbocycles. The summed E-state index contributed by atoms with van der Waals surface area (Å²) in [4.78, 5) is 21.0. The maximum absolute atomic E-state index is 13.5. The Morgan fingerprint density at radius 3 is 2.46 bits per heavy atom. The molecule has 3 atom stereocenters. The monoisotopic (exact) mass is 419 g/mol. The van der Waals surface area contributed by atoms with Crippen molar-refractivity contribution < 1.29 is 31.1 Å². The molecule has 3 fully saturated rings. The van der Waals surface area contributed by atoms with Gasteiger partial charge in [0.2, 0.25) is 0 Å². The Balaban J connectivity index is 1.56. The highest BCUT2D eigenvalue weighted by atomic mass is 32.2. The Bertz CT molecular complexity index is 876. The second-order valence-corrected chi connectivity index (χ2v) is 9.99. The number of hydrogen-bond donors (Lipinski definition) is 0. The fourth-order valence-corrected chi connectivity index (χ4v) is 5.55. The Hall–Kier alpha value is -1.91. The van der Waals surface area contributed by atoms with E-state index in [0.717, 1.165) is 36.8 Å². The van der Waals surface area contributed by atoms with E-state index in [9.17, 15) is 26.4 Å². The lowest BCUT2D eigenvalue weighted by atomic mass is 9.98. The number of carbonyl (C=O) groups is 1. The molecule has 1 aromatic rings. The minimum Gasteiger partial charge on any atom is -0.460 e. The highest BCUT2D eigenvalue weighted by Gasteiger charge is 2.43. The van der Waals surface area contributed by atoms with Crippen LogP contribution < -0.4 is 4.74 Å². The minimum atomic E-state index is -4.86. The Kier molecular flexibility index (Phi) is 4.75. The summed E-state index contributed by atoms with van der Waals surface area (Å²) in [5.41, 5.74) is -2.04. The van der Waals surface area contributed by atoms with Gasteiger partial charge in [-0.3, -0.25) is 4.79 Å². The number of alkyl halides is 3. The molecule has 0 unspecified atom stereocenters. The molecule has 1 saturated heterocycles. The van der Waals surface area contributed by atoms with Crippen molar-refractivity contribution in [1.29, 1.82) is 0 Å². The van der Waals surface area contributed by atoms with Crippen molar-refractivity contribution >= 4 is 15.7 Å². The quantitative estimate of drug-likeness (QED) is 0.744. The molecular weight excluding hydrogens is 399 g/mol. The van der Waals surface area contributed by atoms with E-state index in [1.165, 1.54) is 0 Å². The molecule has 28 heavy (non-hydrogen) atoms. The molecule has 7 nitrogen and oxygen atoms in total. The molecule has 0 spiro atoms. The molecule has 1 amide bonds. The zero-order chi connectivity index (χ0) is 20.1. The Morgan fingerprint density at radius 2 is 1.89 bits per heavy atom. The van der Waals surface area contributed by atoms with Crippen LogP contribution in [0.3, 0.4) is 0 Å². The molecule has 11 heteroatoms. The molecule has 2 aliphatic carbocycles. The third-order valence-corrected chi connectivity index (χ3v) is 7.44. The second kappa shape index (κ2) is 6.85. The summed E-state index contributed by atoms with van der Waals surface area (Å²) in [7, 11) is -3.26. The van der Waals surface area contributed by atoms with Crippen LogP contribution in [-0.4, -0.2) is 59.9 Å². The molecule has 2 bridgehead atoms. The molecule has 4 rings (SSSR count). The van der Waals surface area contributed by atoms with Crippen LogP contribution in [0.2, 0.25) is 0 Å². The van der Waals surface area contributed by atoms with Crippen molar-refractivity contribution in [3.05, 3.63) is 17.5 Å². The van der Waals surface area contributed by atoms with Crippen LogP contribution in [0.5, 0.6) is 6.01 Å². The van der Waals surface area contributed by atoms with Crippen LogP contribution in [0, 0.1) is 11.8 Å². The highest BCUT2D eigenvalue weighted by molar-refractivity contribution is 7.91. The summed E-state index contributed by atoms with van der Waals surface area (Å²) in [5.74, 6) is -0.597. The highest BCUT2D eigenvalue weighted by Crippen LogP contribution is 2.45. The van der Waals surface area contributed by atoms with Gasteiger partial charge in [0.15, 0.2) is 15.5 Å². The van der Waals surface area contributed by atoms with Gasteiger partial charge in [0.1, 0.15) is 6.10 Å². The first-order chi connectivity index (χ1) is 13.1. The summed E-state index contributed by atoms with van der Waals surface area (Å²) in [6.45, 7) is -0.302. The summed E-state index contributed by atoms with van der Waals surface area (Å²) in [5, 5.41) is 0. The van der Waals surface area contributed by atoms with Crippen LogP contribution in [0.25, 0.3) is 0 Å². The van der Waals surface area contributed by atoms with E-state index in [-0.39, 0.29) is 36.7 Å². The Labute approximate surface area is 160 Å². The normalized spacial score (nSPS) is 29.1. The number of halogens is 3. The first kappa shape index (κ1) is 19.4. The number of hydrogen-bond acceptors (Lipinski definition) is 6. The van der Waals surface area contributed by atoms with E-state index in [1.807, 2.05) is 0 Å². The molecule has 154 valence electrons.